The monoisotopic (exact) mass is 410 g/mol. The summed E-state index contributed by atoms with van der Waals surface area (Å²) in [6.07, 6.45) is -0.268. The molecule has 5 nitrogen and oxygen atoms in total. The topological polar surface area (TPSA) is 58.6 Å². The van der Waals surface area contributed by atoms with E-state index in [4.69, 9.17) is 0 Å². The van der Waals surface area contributed by atoms with Crippen molar-refractivity contribution < 1.29 is 27.5 Å². The van der Waals surface area contributed by atoms with Gasteiger partial charge in [0.1, 0.15) is 5.75 Å². The van der Waals surface area contributed by atoms with Crippen molar-refractivity contribution in [3.63, 3.8) is 0 Å². The van der Waals surface area contributed by atoms with Gasteiger partial charge in [-0.15, -0.1) is 13.2 Å². The van der Waals surface area contributed by atoms with Crippen LogP contribution in [0.15, 0.2) is 18.2 Å². The van der Waals surface area contributed by atoms with Gasteiger partial charge in [-0.1, -0.05) is 12.1 Å². The normalized spacial score (nSPS) is 27.7. The van der Waals surface area contributed by atoms with Crippen LogP contribution in [-0.4, -0.2) is 41.7 Å². The number of aryl methyl sites for hydroxylation is 1. The van der Waals surface area contributed by atoms with E-state index in [0.717, 1.165) is 37.7 Å². The lowest BCUT2D eigenvalue weighted by molar-refractivity contribution is -0.274. The summed E-state index contributed by atoms with van der Waals surface area (Å²) in [5.74, 6) is 0.288. The Morgan fingerprint density at radius 3 is 2.48 bits per heavy atom. The lowest BCUT2D eigenvalue weighted by Gasteiger charge is -2.46. The number of hydrogen-bond acceptors (Lipinski definition) is 3. The molecule has 1 saturated carbocycles. The molecule has 2 aliphatic heterocycles. The Kier molecular flexibility index (Phi) is 4.99. The highest BCUT2D eigenvalue weighted by molar-refractivity contribution is 5.83. The lowest BCUT2D eigenvalue weighted by atomic mass is 9.67. The van der Waals surface area contributed by atoms with Crippen molar-refractivity contribution >= 4 is 11.8 Å². The fraction of sp³-hybridized carbons (Fsp3) is 0.619. The van der Waals surface area contributed by atoms with Crippen LogP contribution < -0.4 is 10.1 Å². The number of benzene rings is 1. The van der Waals surface area contributed by atoms with E-state index in [1.165, 1.54) is 6.07 Å². The Morgan fingerprint density at radius 2 is 1.93 bits per heavy atom. The third-order valence-corrected chi connectivity index (χ3v) is 6.56. The van der Waals surface area contributed by atoms with Gasteiger partial charge in [0.05, 0.1) is 0 Å². The Balaban J connectivity index is 1.30. The molecule has 1 N–H and O–H groups in total. The molecule has 2 heterocycles. The number of hydrogen-bond donors (Lipinski definition) is 1. The van der Waals surface area contributed by atoms with Gasteiger partial charge in [0.25, 0.3) is 0 Å². The summed E-state index contributed by atoms with van der Waals surface area (Å²) in [5, 5.41) is 3.02. The van der Waals surface area contributed by atoms with Crippen LogP contribution in [0.5, 0.6) is 5.75 Å². The van der Waals surface area contributed by atoms with E-state index in [2.05, 4.69) is 10.1 Å². The van der Waals surface area contributed by atoms with Crippen molar-refractivity contribution in [3.8, 4) is 5.75 Å². The molecule has 0 aromatic heterocycles. The lowest BCUT2D eigenvalue weighted by Crippen LogP contribution is -2.57. The summed E-state index contributed by atoms with van der Waals surface area (Å²) in [7, 11) is 0. The summed E-state index contributed by atoms with van der Waals surface area (Å²) in [6.45, 7) is 2.91. The summed E-state index contributed by atoms with van der Waals surface area (Å²) < 4.78 is 41.3. The van der Waals surface area contributed by atoms with Gasteiger partial charge in [-0.25, -0.2) is 0 Å². The molecule has 29 heavy (non-hydrogen) atoms. The first-order valence-electron chi connectivity index (χ1n) is 10.1. The molecule has 1 aromatic rings. The maximum Gasteiger partial charge on any atom is 0.573 e. The molecule has 1 aromatic carbocycles. The Labute approximate surface area is 167 Å². The van der Waals surface area contributed by atoms with Gasteiger partial charge in [0.15, 0.2) is 0 Å². The van der Waals surface area contributed by atoms with Crippen molar-refractivity contribution in [3.05, 3.63) is 29.3 Å². The van der Waals surface area contributed by atoms with Crippen LogP contribution in [-0.2, 0) is 9.59 Å². The van der Waals surface area contributed by atoms with Crippen molar-refractivity contribution in [2.45, 2.75) is 63.3 Å². The van der Waals surface area contributed by atoms with E-state index in [-0.39, 0.29) is 34.9 Å². The molecule has 4 rings (SSSR count). The maximum atomic E-state index is 12.8. The maximum absolute atomic E-state index is 12.8. The number of amides is 2. The zero-order valence-electron chi connectivity index (χ0n) is 16.3. The number of ether oxygens (including phenoxy) is 1. The van der Waals surface area contributed by atoms with Crippen LogP contribution in [0.4, 0.5) is 13.2 Å². The number of piperidine rings is 1. The molecule has 1 aliphatic carbocycles. The van der Waals surface area contributed by atoms with Gasteiger partial charge in [-0.2, -0.15) is 0 Å². The summed E-state index contributed by atoms with van der Waals surface area (Å²) in [4.78, 5) is 26.1. The van der Waals surface area contributed by atoms with Gasteiger partial charge in [-0.05, 0) is 62.1 Å². The second kappa shape index (κ2) is 7.22. The van der Waals surface area contributed by atoms with Crippen molar-refractivity contribution in [2.24, 2.45) is 5.92 Å². The second-order valence-electron chi connectivity index (χ2n) is 8.61. The predicted molar refractivity (Wildman–Crippen MR) is 99.2 cm³/mol. The van der Waals surface area contributed by atoms with Crippen LogP contribution in [0.25, 0.3) is 0 Å². The molecule has 0 radical (unpaired) electrons. The molecule has 1 spiro atoms. The fourth-order valence-corrected chi connectivity index (χ4v) is 5.00. The minimum atomic E-state index is -4.70. The average Bonchev–Trinajstić information content (AvgIpc) is 3.03. The molecular weight excluding hydrogens is 385 g/mol. The minimum absolute atomic E-state index is 0.00834. The van der Waals surface area contributed by atoms with E-state index in [1.54, 1.807) is 19.1 Å². The number of nitrogens with one attached hydrogen (secondary N) is 1. The van der Waals surface area contributed by atoms with Crippen molar-refractivity contribution in [1.82, 2.24) is 10.2 Å². The smallest absolute Gasteiger partial charge is 0.406 e. The molecule has 2 saturated heterocycles. The number of rotatable bonds is 3. The average molecular weight is 410 g/mol. The molecular formula is C21H25F3N2O3. The van der Waals surface area contributed by atoms with Crippen LogP contribution in [0, 0.1) is 12.8 Å². The summed E-state index contributed by atoms with van der Waals surface area (Å²) in [5.41, 5.74) is 1.30. The zero-order valence-corrected chi connectivity index (χ0v) is 16.3. The van der Waals surface area contributed by atoms with Gasteiger partial charge >= 0.3 is 6.36 Å². The van der Waals surface area contributed by atoms with Gasteiger partial charge < -0.3 is 15.0 Å². The molecule has 0 bridgehead atoms. The Hall–Kier alpha value is -2.25. The quantitative estimate of drug-likeness (QED) is 0.828. The van der Waals surface area contributed by atoms with Gasteiger partial charge in [0.2, 0.25) is 11.8 Å². The molecule has 8 heteroatoms. The molecule has 158 valence electrons. The zero-order chi connectivity index (χ0) is 20.8. The summed E-state index contributed by atoms with van der Waals surface area (Å²) >= 11 is 0. The first-order chi connectivity index (χ1) is 13.6. The van der Waals surface area contributed by atoms with Crippen LogP contribution in [0.3, 0.4) is 0 Å². The highest BCUT2D eigenvalue weighted by atomic mass is 19.4. The van der Waals surface area contributed by atoms with E-state index >= 15 is 0 Å². The van der Waals surface area contributed by atoms with Crippen molar-refractivity contribution in [1.29, 1.82) is 0 Å². The predicted octanol–water partition coefficient (Wildman–Crippen LogP) is 3.66. The van der Waals surface area contributed by atoms with E-state index in [1.807, 2.05) is 4.90 Å². The molecule has 0 atom stereocenters. The van der Waals surface area contributed by atoms with Crippen LogP contribution in [0.1, 0.15) is 55.6 Å². The fourth-order valence-electron chi connectivity index (χ4n) is 5.00. The highest BCUT2D eigenvalue weighted by Crippen LogP contribution is 2.45. The number of halogens is 3. The molecule has 2 amide bonds. The third-order valence-electron chi connectivity index (χ3n) is 6.56. The van der Waals surface area contributed by atoms with Crippen molar-refractivity contribution in [2.75, 3.05) is 13.1 Å². The highest BCUT2D eigenvalue weighted by Gasteiger charge is 2.51. The minimum Gasteiger partial charge on any atom is -0.406 e. The van der Waals surface area contributed by atoms with Crippen LogP contribution in [0.2, 0.25) is 0 Å². The third kappa shape index (κ3) is 4.21. The number of carbonyl (C=O) groups is 2. The van der Waals surface area contributed by atoms with E-state index in [9.17, 15) is 22.8 Å². The van der Waals surface area contributed by atoms with Gasteiger partial charge in [0, 0.05) is 31.0 Å². The van der Waals surface area contributed by atoms with E-state index in [0.29, 0.717) is 25.1 Å². The first kappa shape index (κ1) is 20.0. The Bertz CT molecular complexity index is 810. The van der Waals surface area contributed by atoms with E-state index < -0.39 is 6.36 Å². The largest absolute Gasteiger partial charge is 0.573 e. The number of alkyl halides is 3. The molecule has 0 unspecified atom stereocenters. The summed E-state index contributed by atoms with van der Waals surface area (Å²) in [6, 6.07) is 4.82. The number of carbonyl (C=O) groups excluding carboxylic acids is 2. The Morgan fingerprint density at radius 1 is 1.24 bits per heavy atom. The molecule has 3 aliphatic rings. The van der Waals surface area contributed by atoms with Gasteiger partial charge in [-0.3, -0.25) is 9.59 Å². The number of nitrogens with zero attached hydrogens (tertiary/aromatic N) is 1. The van der Waals surface area contributed by atoms with Crippen LogP contribution >= 0.6 is 0 Å². The SMILES string of the molecule is Cc1cc(C2CCN(C(=O)C3CC4(CCC(=O)N4)C3)CC2)ccc1OC(F)(F)F. The molecule has 3 fully saturated rings. The standard InChI is InChI=1S/C21H25F3N2O3/c1-13-10-15(2-3-17(13)29-21(22,23)24)14-5-8-26(9-6-14)19(28)16-11-20(12-16)7-4-18(27)25-20/h2-3,10,14,16H,4-9,11-12H2,1H3,(H,25,27). The second-order valence-corrected chi connectivity index (χ2v) is 8.61. The number of likely N-dealkylation sites (tertiary alicyclic amines) is 1. The first-order valence-corrected chi connectivity index (χ1v) is 10.1.